The molecule has 0 bridgehead atoms. The zero-order valence-corrected chi connectivity index (χ0v) is 3.58. The summed E-state index contributed by atoms with van der Waals surface area (Å²) in [4.78, 5) is 0. The van der Waals surface area contributed by atoms with E-state index >= 15 is 0 Å². The van der Waals surface area contributed by atoms with Crippen LogP contribution in [-0.4, -0.2) is 7.05 Å². The van der Waals surface area contributed by atoms with Crippen molar-refractivity contribution in [3.8, 4) is 0 Å². The van der Waals surface area contributed by atoms with E-state index in [0.29, 0.717) is 8.88 Å². The topological polar surface area (TPSA) is 38.0 Å². The Morgan fingerprint density at radius 1 is 2.00 bits per heavy atom. The smallest absolute Gasteiger partial charge is 0.0152 e. The van der Waals surface area contributed by atoms with E-state index in [1.165, 1.54) is 0 Å². The van der Waals surface area contributed by atoms with Gasteiger partial charge in [0.05, 0.1) is 0 Å². The lowest BCUT2D eigenvalue weighted by molar-refractivity contribution is 1.28. The van der Waals surface area contributed by atoms with Crippen molar-refractivity contribution in [3.05, 3.63) is 0 Å². The van der Waals surface area contributed by atoms with Gasteiger partial charge in [0.1, 0.15) is 0 Å². The maximum Gasteiger partial charge on any atom is 0.0152 e. The third-order valence-electron chi connectivity index (χ3n) is 0.144. The summed E-state index contributed by atoms with van der Waals surface area (Å²) in [7, 11) is 2.21. The second-order valence-corrected chi connectivity index (χ2v) is 1.18. The quantitative estimate of drug-likeness (QED) is 0.421. The van der Waals surface area contributed by atoms with Crippen molar-refractivity contribution < 1.29 is 0 Å². The maximum atomic E-state index is 4.94. The van der Waals surface area contributed by atoms with Crippen molar-refractivity contribution in [1.82, 2.24) is 5.09 Å². The second kappa shape index (κ2) is 3.35. The summed E-state index contributed by atoms with van der Waals surface area (Å²) in [6.07, 6.45) is 0. The van der Waals surface area contributed by atoms with Crippen LogP contribution in [0.2, 0.25) is 0 Å². The molecule has 0 aliphatic rings. The Hall–Kier alpha value is 0.350. The molecule has 0 fully saturated rings. The van der Waals surface area contributed by atoms with Crippen molar-refractivity contribution in [3.63, 3.8) is 0 Å². The number of rotatable bonds is 1. The molecule has 0 radical (unpaired) electrons. The molecule has 0 saturated heterocycles. The highest BCUT2D eigenvalue weighted by atomic mass is 31.1. The van der Waals surface area contributed by atoms with Gasteiger partial charge in [-0.3, -0.25) is 5.09 Å². The highest BCUT2D eigenvalue weighted by Gasteiger charge is 1.48. The predicted molar refractivity (Wildman–Crippen MR) is 21.6 cm³/mol. The van der Waals surface area contributed by atoms with Gasteiger partial charge in [0.15, 0.2) is 0 Å². The Balaban J connectivity index is 1.97. The van der Waals surface area contributed by atoms with Crippen LogP contribution in [0.4, 0.5) is 0 Å². The van der Waals surface area contributed by atoms with Crippen LogP contribution in [0.25, 0.3) is 0 Å². The molecular formula is CH7N2P. The normalized spacial score (nSPS) is 10.5. The van der Waals surface area contributed by atoms with Gasteiger partial charge in [-0.1, -0.05) is 0 Å². The summed E-state index contributed by atoms with van der Waals surface area (Å²) < 4.78 is 0. The van der Waals surface area contributed by atoms with Crippen molar-refractivity contribution >= 4 is 8.88 Å². The van der Waals surface area contributed by atoms with Crippen LogP contribution in [0.15, 0.2) is 0 Å². The van der Waals surface area contributed by atoms with E-state index in [-0.39, 0.29) is 0 Å². The SMILES string of the molecule is CNPN. The molecule has 0 saturated carbocycles. The predicted octanol–water partition coefficient (Wildman–Crippen LogP) is -0.327. The highest BCUT2D eigenvalue weighted by Crippen LogP contribution is 1.74. The molecule has 0 aromatic carbocycles. The molecule has 26 valence electrons. The van der Waals surface area contributed by atoms with Crippen molar-refractivity contribution in [1.29, 1.82) is 0 Å². The van der Waals surface area contributed by atoms with Gasteiger partial charge in [-0.25, -0.2) is 0 Å². The first kappa shape index (κ1) is 4.35. The summed E-state index contributed by atoms with van der Waals surface area (Å²) >= 11 is 0. The van der Waals surface area contributed by atoms with E-state index in [9.17, 15) is 0 Å². The summed E-state index contributed by atoms with van der Waals surface area (Å²) in [5.74, 6) is 0. The van der Waals surface area contributed by atoms with Crippen LogP contribution in [-0.2, 0) is 0 Å². The number of hydrogen-bond donors (Lipinski definition) is 2. The third kappa shape index (κ3) is 2.35. The average molecular weight is 78.1 g/mol. The average Bonchev–Trinajstić information content (AvgIpc) is 1.37. The van der Waals surface area contributed by atoms with E-state index in [0.717, 1.165) is 0 Å². The van der Waals surface area contributed by atoms with Crippen LogP contribution < -0.4 is 10.6 Å². The molecule has 0 aliphatic heterocycles. The molecule has 3 N–H and O–H groups in total. The van der Waals surface area contributed by atoms with Gasteiger partial charge in [-0.15, -0.1) is 0 Å². The molecule has 0 heterocycles. The van der Waals surface area contributed by atoms with Crippen LogP contribution in [0.3, 0.4) is 0 Å². The Morgan fingerprint density at radius 3 is 2.25 bits per heavy atom. The minimum absolute atomic E-state index is 0.390. The maximum absolute atomic E-state index is 4.94. The fourth-order valence-electron chi connectivity index (χ4n) is 0. The Bertz CT molecular complexity index is 8.00. The first-order valence-electron chi connectivity index (χ1n) is 1.04. The lowest BCUT2D eigenvalue weighted by Gasteiger charge is -1.77. The van der Waals surface area contributed by atoms with Crippen molar-refractivity contribution in [2.75, 3.05) is 7.05 Å². The number of hydrogen-bond acceptors (Lipinski definition) is 2. The fourth-order valence-corrected chi connectivity index (χ4v) is 0. The van der Waals surface area contributed by atoms with Crippen LogP contribution in [0.5, 0.6) is 0 Å². The first-order chi connectivity index (χ1) is 1.91. The Labute approximate surface area is 27.7 Å². The van der Waals surface area contributed by atoms with Gasteiger partial charge in [0.25, 0.3) is 0 Å². The van der Waals surface area contributed by atoms with Crippen molar-refractivity contribution in [2.24, 2.45) is 5.50 Å². The monoisotopic (exact) mass is 78.0 g/mol. The largest absolute Gasteiger partial charge is 0.300 e. The standard InChI is InChI=1S/CH7N2P/c1-3-4-2/h3-4H,2H2,1H3. The molecule has 0 aliphatic carbocycles. The molecular weight excluding hydrogens is 71.0 g/mol. The fraction of sp³-hybridized carbons (Fsp3) is 1.00. The molecule has 2 nitrogen and oxygen atoms in total. The van der Waals surface area contributed by atoms with Crippen LogP contribution in [0.1, 0.15) is 0 Å². The van der Waals surface area contributed by atoms with Gasteiger partial charge in [0.2, 0.25) is 0 Å². The van der Waals surface area contributed by atoms with Gasteiger partial charge in [0, 0.05) is 8.88 Å². The van der Waals surface area contributed by atoms with Gasteiger partial charge in [-0.2, -0.15) is 0 Å². The first-order valence-corrected chi connectivity index (χ1v) is 2.12. The molecule has 1 unspecified atom stereocenters. The molecule has 4 heavy (non-hydrogen) atoms. The van der Waals surface area contributed by atoms with Gasteiger partial charge >= 0.3 is 0 Å². The lowest BCUT2D eigenvalue weighted by Crippen LogP contribution is -1.91. The van der Waals surface area contributed by atoms with E-state index in [2.05, 4.69) is 5.09 Å². The molecule has 0 amide bonds. The second-order valence-electron chi connectivity index (χ2n) is 0.394. The summed E-state index contributed by atoms with van der Waals surface area (Å²) in [6, 6.07) is 0. The summed E-state index contributed by atoms with van der Waals surface area (Å²) in [5, 5.41) is 2.74. The molecule has 0 rings (SSSR count). The van der Waals surface area contributed by atoms with E-state index in [1.807, 2.05) is 7.05 Å². The Kier molecular flexibility index (Phi) is 3.64. The van der Waals surface area contributed by atoms with Crippen LogP contribution >= 0.6 is 8.88 Å². The Morgan fingerprint density at radius 2 is 2.25 bits per heavy atom. The van der Waals surface area contributed by atoms with E-state index in [4.69, 9.17) is 5.50 Å². The van der Waals surface area contributed by atoms with E-state index in [1.54, 1.807) is 0 Å². The van der Waals surface area contributed by atoms with Gasteiger partial charge in [-0.05, 0) is 7.05 Å². The highest BCUT2D eigenvalue weighted by molar-refractivity contribution is 7.32. The number of nitrogens with one attached hydrogen (secondary N) is 1. The lowest BCUT2D eigenvalue weighted by atomic mass is 11.6. The third-order valence-corrected chi connectivity index (χ3v) is 0.433. The van der Waals surface area contributed by atoms with E-state index < -0.39 is 0 Å². The molecule has 0 aromatic heterocycles. The molecule has 1 atom stereocenters. The number of nitrogens with two attached hydrogens (primary N) is 1. The van der Waals surface area contributed by atoms with Crippen molar-refractivity contribution in [2.45, 2.75) is 0 Å². The van der Waals surface area contributed by atoms with Gasteiger partial charge < -0.3 is 5.50 Å². The minimum Gasteiger partial charge on any atom is -0.300 e. The summed E-state index contributed by atoms with van der Waals surface area (Å²) in [5.41, 5.74) is 4.94. The molecule has 0 aromatic rings. The molecule has 3 heteroatoms. The minimum atomic E-state index is 0.390. The molecule has 0 spiro atoms. The summed E-state index contributed by atoms with van der Waals surface area (Å²) in [6.45, 7) is 0. The zero-order valence-electron chi connectivity index (χ0n) is 2.58. The zero-order chi connectivity index (χ0) is 3.41. The van der Waals surface area contributed by atoms with Crippen LogP contribution in [0, 0.1) is 0 Å².